The number of pyridine rings is 1. The summed E-state index contributed by atoms with van der Waals surface area (Å²) < 4.78 is 0. The third kappa shape index (κ3) is 1.96. The topological polar surface area (TPSA) is 45.1 Å². The summed E-state index contributed by atoms with van der Waals surface area (Å²) in [6.45, 7) is 0. The van der Waals surface area contributed by atoms with Crippen molar-refractivity contribution >= 4 is 5.69 Å². The SMILES string of the molecule is Oc1ccc2c(c1)CCC2Nc1cccnc1. The van der Waals surface area contributed by atoms with Crippen LogP contribution in [0.25, 0.3) is 0 Å². The molecule has 0 fully saturated rings. The van der Waals surface area contributed by atoms with Gasteiger partial charge in [0.15, 0.2) is 0 Å². The van der Waals surface area contributed by atoms with E-state index in [1.807, 2.05) is 30.5 Å². The Morgan fingerprint density at radius 3 is 3.06 bits per heavy atom. The zero-order valence-electron chi connectivity index (χ0n) is 9.43. The van der Waals surface area contributed by atoms with Crippen LogP contribution in [0.5, 0.6) is 5.75 Å². The van der Waals surface area contributed by atoms with Crippen molar-refractivity contribution < 1.29 is 5.11 Å². The molecule has 0 aliphatic heterocycles. The molecule has 0 saturated carbocycles. The van der Waals surface area contributed by atoms with Crippen LogP contribution < -0.4 is 5.32 Å². The first kappa shape index (κ1) is 10.1. The molecule has 1 aliphatic rings. The lowest BCUT2D eigenvalue weighted by atomic mass is 10.1. The number of hydrogen-bond donors (Lipinski definition) is 2. The van der Waals surface area contributed by atoms with Gasteiger partial charge < -0.3 is 10.4 Å². The molecule has 3 nitrogen and oxygen atoms in total. The van der Waals surface area contributed by atoms with Gasteiger partial charge in [0.25, 0.3) is 0 Å². The summed E-state index contributed by atoms with van der Waals surface area (Å²) in [7, 11) is 0. The molecule has 1 aromatic heterocycles. The second-order valence-corrected chi connectivity index (χ2v) is 4.36. The van der Waals surface area contributed by atoms with E-state index in [2.05, 4.69) is 10.3 Å². The molecule has 0 amide bonds. The van der Waals surface area contributed by atoms with Crippen LogP contribution in [0.4, 0.5) is 5.69 Å². The van der Waals surface area contributed by atoms with Gasteiger partial charge in [-0.05, 0) is 48.2 Å². The van der Waals surface area contributed by atoms with Crippen LogP contribution >= 0.6 is 0 Å². The Kier molecular flexibility index (Phi) is 2.44. The van der Waals surface area contributed by atoms with Crippen molar-refractivity contribution in [1.82, 2.24) is 4.98 Å². The smallest absolute Gasteiger partial charge is 0.115 e. The molecule has 2 N–H and O–H groups in total. The third-order valence-electron chi connectivity index (χ3n) is 3.21. The lowest BCUT2D eigenvalue weighted by molar-refractivity contribution is 0.474. The minimum atomic E-state index is 0.329. The number of nitrogens with one attached hydrogen (secondary N) is 1. The normalized spacial score (nSPS) is 17.8. The Hall–Kier alpha value is -2.03. The highest BCUT2D eigenvalue weighted by Gasteiger charge is 2.22. The first-order valence-corrected chi connectivity index (χ1v) is 5.81. The molecule has 1 heterocycles. The average Bonchev–Trinajstić information content (AvgIpc) is 2.73. The van der Waals surface area contributed by atoms with Crippen molar-refractivity contribution in [2.24, 2.45) is 0 Å². The van der Waals surface area contributed by atoms with Gasteiger partial charge in [-0.2, -0.15) is 0 Å². The summed E-state index contributed by atoms with van der Waals surface area (Å²) in [6.07, 6.45) is 5.68. The van der Waals surface area contributed by atoms with Crippen LogP contribution in [0, 0.1) is 0 Å². The average molecular weight is 226 g/mol. The number of aryl methyl sites for hydroxylation is 1. The van der Waals surface area contributed by atoms with Crippen molar-refractivity contribution in [2.45, 2.75) is 18.9 Å². The van der Waals surface area contributed by atoms with Crippen molar-refractivity contribution in [2.75, 3.05) is 5.32 Å². The largest absolute Gasteiger partial charge is 0.508 e. The van der Waals surface area contributed by atoms with E-state index in [0.717, 1.165) is 18.5 Å². The van der Waals surface area contributed by atoms with Crippen LogP contribution in [0.1, 0.15) is 23.6 Å². The van der Waals surface area contributed by atoms with E-state index in [1.54, 1.807) is 12.3 Å². The Bertz CT molecular complexity index is 525. The van der Waals surface area contributed by atoms with Crippen molar-refractivity contribution in [3.05, 3.63) is 53.9 Å². The fraction of sp³-hybridized carbons (Fsp3) is 0.214. The van der Waals surface area contributed by atoms with Gasteiger partial charge in [0.2, 0.25) is 0 Å². The molecule has 0 bridgehead atoms. The molecule has 3 rings (SSSR count). The first-order chi connectivity index (χ1) is 8.33. The van der Waals surface area contributed by atoms with Crippen molar-refractivity contribution in [1.29, 1.82) is 0 Å². The zero-order valence-corrected chi connectivity index (χ0v) is 9.43. The molecule has 3 heteroatoms. The molecule has 2 aromatic rings. The minimum absolute atomic E-state index is 0.329. The number of aromatic hydroxyl groups is 1. The van der Waals surface area contributed by atoms with E-state index in [0.29, 0.717) is 11.8 Å². The van der Waals surface area contributed by atoms with Crippen LogP contribution in [-0.4, -0.2) is 10.1 Å². The van der Waals surface area contributed by atoms with Gasteiger partial charge >= 0.3 is 0 Å². The molecule has 0 saturated heterocycles. The Labute approximate surface area is 100 Å². The molecule has 1 aliphatic carbocycles. The van der Waals surface area contributed by atoms with Crippen LogP contribution in [-0.2, 0) is 6.42 Å². The molecule has 0 spiro atoms. The summed E-state index contributed by atoms with van der Waals surface area (Å²) >= 11 is 0. The third-order valence-corrected chi connectivity index (χ3v) is 3.21. The highest BCUT2D eigenvalue weighted by atomic mass is 16.3. The lowest BCUT2D eigenvalue weighted by Gasteiger charge is -2.15. The number of anilines is 1. The fourth-order valence-electron chi connectivity index (χ4n) is 2.40. The van der Waals surface area contributed by atoms with Gasteiger partial charge in [0, 0.05) is 12.4 Å². The zero-order chi connectivity index (χ0) is 11.7. The quantitative estimate of drug-likeness (QED) is 0.827. The maximum Gasteiger partial charge on any atom is 0.115 e. The summed E-state index contributed by atoms with van der Waals surface area (Å²) in [4.78, 5) is 4.09. The van der Waals surface area contributed by atoms with Gasteiger partial charge in [-0.1, -0.05) is 6.07 Å². The Morgan fingerprint density at radius 1 is 1.29 bits per heavy atom. The number of phenols is 1. The Balaban J connectivity index is 1.85. The van der Waals surface area contributed by atoms with Gasteiger partial charge in [-0.25, -0.2) is 0 Å². The maximum absolute atomic E-state index is 9.44. The van der Waals surface area contributed by atoms with E-state index in [1.165, 1.54) is 11.1 Å². The monoisotopic (exact) mass is 226 g/mol. The molecule has 1 unspecified atom stereocenters. The van der Waals surface area contributed by atoms with Crippen LogP contribution in [0.3, 0.4) is 0 Å². The van der Waals surface area contributed by atoms with Crippen LogP contribution in [0.15, 0.2) is 42.7 Å². The number of nitrogens with zero attached hydrogens (tertiary/aromatic N) is 1. The predicted octanol–water partition coefficient (Wildman–Crippen LogP) is 2.89. The van der Waals surface area contributed by atoms with E-state index in [4.69, 9.17) is 0 Å². The maximum atomic E-state index is 9.44. The summed E-state index contributed by atoms with van der Waals surface area (Å²) in [5.74, 6) is 0.353. The van der Waals surface area contributed by atoms with Crippen molar-refractivity contribution in [3.8, 4) is 5.75 Å². The lowest BCUT2D eigenvalue weighted by Crippen LogP contribution is -2.06. The minimum Gasteiger partial charge on any atom is -0.508 e. The highest BCUT2D eigenvalue weighted by Crippen LogP contribution is 2.35. The first-order valence-electron chi connectivity index (χ1n) is 5.81. The van der Waals surface area contributed by atoms with Gasteiger partial charge in [-0.15, -0.1) is 0 Å². The van der Waals surface area contributed by atoms with Gasteiger partial charge in [0.1, 0.15) is 5.75 Å². The second-order valence-electron chi connectivity index (χ2n) is 4.36. The summed E-state index contributed by atoms with van der Waals surface area (Å²) in [6, 6.07) is 9.89. The summed E-state index contributed by atoms with van der Waals surface area (Å²) in [5, 5.41) is 12.9. The number of phenolic OH excluding ortho intramolecular Hbond substituents is 1. The predicted molar refractivity (Wildman–Crippen MR) is 67.0 cm³/mol. The fourth-order valence-corrected chi connectivity index (χ4v) is 2.40. The number of fused-ring (bicyclic) bond motifs is 1. The number of rotatable bonds is 2. The van der Waals surface area contributed by atoms with E-state index in [9.17, 15) is 5.11 Å². The molecule has 1 atom stereocenters. The van der Waals surface area contributed by atoms with Crippen molar-refractivity contribution in [3.63, 3.8) is 0 Å². The second kappa shape index (κ2) is 4.09. The summed E-state index contributed by atoms with van der Waals surface area (Å²) in [5.41, 5.74) is 3.57. The van der Waals surface area contributed by atoms with Gasteiger partial charge in [0.05, 0.1) is 11.7 Å². The number of aromatic nitrogens is 1. The molecule has 86 valence electrons. The highest BCUT2D eigenvalue weighted by molar-refractivity contribution is 5.48. The molecular formula is C14H14N2O. The molecule has 1 aromatic carbocycles. The standard InChI is InChI=1S/C14H14N2O/c17-12-4-5-13-10(8-12)3-6-14(13)16-11-2-1-7-15-9-11/h1-2,4-5,7-9,14,16-17H,3,6H2. The molecular weight excluding hydrogens is 212 g/mol. The Morgan fingerprint density at radius 2 is 2.24 bits per heavy atom. The molecule has 0 radical (unpaired) electrons. The van der Waals surface area contributed by atoms with Crippen LogP contribution in [0.2, 0.25) is 0 Å². The number of benzene rings is 1. The van der Waals surface area contributed by atoms with E-state index in [-0.39, 0.29) is 0 Å². The molecule has 17 heavy (non-hydrogen) atoms. The van der Waals surface area contributed by atoms with E-state index >= 15 is 0 Å². The number of hydrogen-bond acceptors (Lipinski definition) is 3. The van der Waals surface area contributed by atoms with E-state index < -0.39 is 0 Å². The van der Waals surface area contributed by atoms with Gasteiger partial charge in [-0.3, -0.25) is 4.98 Å².